The van der Waals surface area contributed by atoms with Crippen LogP contribution < -0.4 is 5.56 Å². The molecule has 0 aliphatic carbocycles. The molecule has 0 N–H and O–H groups in total. The molecule has 0 saturated carbocycles. The van der Waals surface area contributed by atoms with Crippen molar-refractivity contribution in [3.63, 3.8) is 0 Å². The third-order valence-electron chi connectivity index (χ3n) is 3.22. The second-order valence-electron chi connectivity index (χ2n) is 5.20. The molecule has 0 amide bonds. The van der Waals surface area contributed by atoms with Gasteiger partial charge in [0, 0.05) is 30.8 Å². The molecule has 1 aromatic heterocycles. The first-order valence-corrected chi connectivity index (χ1v) is 6.93. The molecule has 1 atom stereocenters. The number of carbonyl (C=O) groups is 1. The minimum atomic E-state index is -0.557. The predicted molar refractivity (Wildman–Crippen MR) is 81.1 cm³/mol. The SMILES string of the molecule is CC(=O)OC(c1ccccc1)c1ccn(C(C)C)c(=O)c1. The van der Waals surface area contributed by atoms with Crippen molar-refractivity contribution in [2.75, 3.05) is 0 Å². The average molecular weight is 285 g/mol. The number of benzene rings is 1. The van der Waals surface area contributed by atoms with Crippen LogP contribution in [0, 0.1) is 0 Å². The van der Waals surface area contributed by atoms with Gasteiger partial charge in [-0.25, -0.2) is 0 Å². The van der Waals surface area contributed by atoms with E-state index in [1.807, 2.05) is 50.2 Å². The Labute approximate surface area is 124 Å². The molecule has 110 valence electrons. The Kier molecular flexibility index (Phi) is 4.58. The number of hydrogen-bond acceptors (Lipinski definition) is 3. The fourth-order valence-electron chi connectivity index (χ4n) is 2.22. The molecule has 0 aliphatic rings. The Balaban J connectivity index is 2.45. The van der Waals surface area contributed by atoms with Gasteiger partial charge in [-0.15, -0.1) is 0 Å². The van der Waals surface area contributed by atoms with Crippen molar-refractivity contribution in [1.82, 2.24) is 4.57 Å². The largest absolute Gasteiger partial charge is 0.453 e. The summed E-state index contributed by atoms with van der Waals surface area (Å²) < 4.78 is 7.03. The van der Waals surface area contributed by atoms with Crippen molar-refractivity contribution in [3.05, 3.63) is 70.1 Å². The Morgan fingerprint density at radius 1 is 1.10 bits per heavy atom. The third-order valence-corrected chi connectivity index (χ3v) is 3.22. The summed E-state index contributed by atoms with van der Waals surface area (Å²) in [5, 5.41) is 0. The summed E-state index contributed by atoms with van der Waals surface area (Å²) in [6.07, 6.45) is 1.18. The number of esters is 1. The molecule has 0 spiro atoms. The van der Waals surface area contributed by atoms with Crippen LogP contribution in [0.3, 0.4) is 0 Å². The van der Waals surface area contributed by atoms with Crippen LogP contribution in [0.5, 0.6) is 0 Å². The summed E-state index contributed by atoms with van der Waals surface area (Å²) in [7, 11) is 0. The topological polar surface area (TPSA) is 48.3 Å². The summed E-state index contributed by atoms with van der Waals surface area (Å²) in [5.74, 6) is -0.378. The predicted octanol–water partition coefficient (Wildman–Crippen LogP) is 3.08. The van der Waals surface area contributed by atoms with Crippen LogP contribution in [0.1, 0.15) is 44.0 Å². The van der Waals surface area contributed by atoms with Crippen molar-refractivity contribution < 1.29 is 9.53 Å². The van der Waals surface area contributed by atoms with E-state index < -0.39 is 6.10 Å². The molecule has 4 heteroatoms. The molecule has 4 nitrogen and oxygen atoms in total. The van der Waals surface area contributed by atoms with E-state index in [4.69, 9.17) is 4.74 Å². The average Bonchev–Trinajstić information content (AvgIpc) is 2.45. The van der Waals surface area contributed by atoms with Crippen LogP contribution in [0.4, 0.5) is 0 Å². The van der Waals surface area contributed by atoms with Gasteiger partial charge in [0.25, 0.3) is 5.56 Å². The molecule has 0 radical (unpaired) electrons. The van der Waals surface area contributed by atoms with Gasteiger partial charge in [0.05, 0.1) is 0 Å². The number of carbonyl (C=O) groups excluding carboxylic acids is 1. The molecular weight excluding hydrogens is 266 g/mol. The third kappa shape index (κ3) is 3.60. The lowest BCUT2D eigenvalue weighted by atomic mass is 10.0. The number of rotatable bonds is 4. The summed E-state index contributed by atoms with van der Waals surface area (Å²) in [4.78, 5) is 23.5. The van der Waals surface area contributed by atoms with Crippen LogP contribution >= 0.6 is 0 Å². The van der Waals surface area contributed by atoms with Crippen molar-refractivity contribution in [3.8, 4) is 0 Å². The van der Waals surface area contributed by atoms with Gasteiger partial charge in [-0.05, 0) is 25.5 Å². The van der Waals surface area contributed by atoms with Crippen LogP contribution in [0.25, 0.3) is 0 Å². The van der Waals surface area contributed by atoms with E-state index in [0.717, 1.165) is 5.56 Å². The zero-order chi connectivity index (χ0) is 15.4. The maximum Gasteiger partial charge on any atom is 0.303 e. The van der Waals surface area contributed by atoms with E-state index in [1.165, 1.54) is 13.0 Å². The Morgan fingerprint density at radius 2 is 1.76 bits per heavy atom. The molecule has 1 unspecified atom stereocenters. The Bertz CT molecular complexity index is 674. The Morgan fingerprint density at radius 3 is 2.29 bits per heavy atom. The van der Waals surface area contributed by atoms with Gasteiger partial charge < -0.3 is 9.30 Å². The van der Waals surface area contributed by atoms with Crippen LogP contribution in [-0.4, -0.2) is 10.5 Å². The van der Waals surface area contributed by atoms with Gasteiger partial charge in [-0.2, -0.15) is 0 Å². The van der Waals surface area contributed by atoms with Crippen LogP contribution in [-0.2, 0) is 9.53 Å². The highest BCUT2D eigenvalue weighted by atomic mass is 16.5. The molecule has 0 fully saturated rings. The highest BCUT2D eigenvalue weighted by Crippen LogP contribution is 2.25. The lowest BCUT2D eigenvalue weighted by molar-refractivity contribution is -0.144. The van der Waals surface area contributed by atoms with E-state index in [9.17, 15) is 9.59 Å². The molecular formula is C17H19NO3. The number of aromatic nitrogens is 1. The normalized spacial score (nSPS) is 12.2. The fraction of sp³-hybridized carbons (Fsp3) is 0.294. The van der Waals surface area contributed by atoms with Gasteiger partial charge >= 0.3 is 5.97 Å². The first kappa shape index (κ1) is 15.0. The van der Waals surface area contributed by atoms with Gasteiger partial charge in [-0.3, -0.25) is 9.59 Å². The smallest absolute Gasteiger partial charge is 0.303 e. The van der Waals surface area contributed by atoms with Crippen molar-refractivity contribution in [1.29, 1.82) is 0 Å². The lowest BCUT2D eigenvalue weighted by Gasteiger charge is -2.19. The quantitative estimate of drug-likeness (QED) is 0.811. The van der Waals surface area contributed by atoms with E-state index in [1.54, 1.807) is 10.8 Å². The first-order valence-electron chi connectivity index (χ1n) is 6.93. The van der Waals surface area contributed by atoms with Gasteiger partial charge in [0.15, 0.2) is 6.10 Å². The monoisotopic (exact) mass is 285 g/mol. The minimum Gasteiger partial charge on any atom is -0.453 e. The zero-order valence-corrected chi connectivity index (χ0v) is 12.4. The molecule has 1 aromatic carbocycles. The van der Waals surface area contributed by atoms with E-state index >= 15 is 0 Å². The van der Waals surface area contributed by atoms with Crippen molar-refractivity contribution in [2.45, 2.75) is 32.9 Å². The van der Waals surface area contributed by atoms with Crippen molar-refractivity contribution >= 4 is 5.97 Å². The fourth-order valence-corrected chi connectivity index (χ4v) is 2.22. The number of nitrogens with zero attached hydrogens (tertiary/aromatic N) is 1. The van der Waals surface area contributed by atoms with E-state index in [2.05, 4.69) is 0 Å². The van der Waals surface area contributed by atoms with Crippen LogP contribution in [0.2, 0.25) is 0 Å². The molecule has 1 heterocycles. The number of pyridine rings is 1. The number of ether oxygens (including phenoxy) is 1. The first-order chi connectivity index (χ1) is 9.99. The number of hydrogen-bond donors (Lipinski definition) is 0. The Hall–Kier alpha value is -2.36. The zero-order valence-electron chi connectivity index (χ0n) is 12.4. The van der Waals surface area contributed by atoms with E-state index in [0.29, 0.717) is 5.56 Å². The van der Waals surface area contributed by atoms with E-state index in [-0.39, 0.29) is 17.6 Å². The summed E-state index contributed by atoms with van der Waals surface area (Å²) >= 11 is 0. The summed E-state index contributed by atoms with van der Waals surface area (Å²) in [5.41, 5.74) is 1.42. The molecule has 21 heavy (non-hydrogen) atoms. The highest BCUT2D eigenvalue weighted by Gasteiger charge is 2.18. The minimum absolute atomic E-state index is 0.0930. The van der Waals surface area contributed by atoms with Gasteiger partial charge in [0.1, 0.15) is 0 Å². The highest BCUT2D eigenvalue weighted by molar-refractivity contribution is 5.66. The maximum absolute atomic E-state index is 12.1. The summed E-state index contributed by atoms with van der Waals surface area (Å²) in [6, 6.07) is 12.8. The van der Waals surface area contributed by atoms with Gasteiger partial charge in [0.2, 0.25) is 0 Å². The standard InChI is InChI=1S/C17H19NO3/c1-12(2)18-10-9-15(11-16(18)20)17(21-13(3)19)14-7-5-4-6-8-14/h4-12,17H,1-3H3. The second kappa shape index (κ2) is 6.39. The van der Waals surface area contributed by atoms with Crippen molar-refractivity contribution in [2.24, 2.45) is 0 Å². The summed E-state index contributed by atoms with van der Waals surface area (Å²) in [6.45, 7) is 5.26. The molecule has 0 aliphatic heterocycles. The second-order valence-corrected chi connectivity index (χ2v) is 5.20. The lowest BCUT2D eigenvalue weighted by Crippen LogP contribution is -2.22. The molecule has 2 rings (SSSR count). The van der Waals surface area contributed by atoms with Gasteiger partial charge in [-0.1, -0.05) is 30.3 Å². The maximum atomic E-state index is 12.1. The molecule has 0 saturated heterocycles. The van der Waals surface area contributed by atoms with Crippen LogP contribution in [0.15, 0.2) is 53.5 Å². The molecule has 0 bridgehead atoms. The molecule has 2 aromatic rings.